The lowest BCUT2D eigenvalue weighted by molar-refractivity contribution is -0.131. The van der Waals surface area contributed by atoms with Crippen molar-refractivity contribution >= 4 is 34.8 Å². The van der Waals surface area contributed by atoms with E-state index in [1.165, 1.54) is 0 Å². The summed E-state index contributed by atoms with van der Waals surface area (Å²) in [6.07, 6.45) is 0.964. The molecule has 4 heteroatoms. The summed E-state index contributed by atoms with van der Waals surface area (Å²) in [6.45, 7) is 0. The third kappa shape index (κ3) is 1.71. The first kappa shape index (κ1) is 8.49. The van der Waals surface area contributed by atoms with E-state index >= 15 is 0 Å². The van der Waals surface area contributed by atoms with E-state index in [9.17, 15) is 14.4 Å². The Balaban J connectivity index is 4.34. The van der Waals surface area contributed by atoms with Gasteiger partial charge in [-0.25, -0.2) is 0 Å². The van der Waals surface area contributed by atoms with Crippen molar-refractivity contribution in [2.75, 3.05) is 5.33 Å². The van der Waals surface area contributed by atoms with E-state index in [-0.39, 0.29) is 5.33 Å². The molecular formula is C5H5BrO3. The second kappa shape index (κ2) is 3.50. The van der Waals surface area contributed by atoms with Crippen molar-refractivity contribution in [3.05, 3.63) is 0 Å². The van der Waals surface area contributed by atoms with Crippen LogP contribution < -0.4 is 0 Å². The Bertz CT molecular complexity index is 110. The Morgan fingerprint density at radius 1 is 1.11 bits per heavy atom. The number of hydrogen-bond acceptors (Lipinski definition) is 3. The molecule has 0 saturated carbocycles. The van der Waals surface area contributed by atoms with Crippen molar-refractivity contribution < 1.29 is 14.4 Å². The van der Waals surface area contributed by atoms with E-state index in [0.29, 0.717) is 18.9 Å². The average Bonchev–Trinajstić information content (AvgIpc) is 1.95. The molecule has 50 valence electrons. The summed E-state index contributed by atoms with van der Waals surface area (Å²) >= 11 is 2.86. The third-order valence-electron chi connectivity index (χ3n) is 0.890. The minimum atomic E-state index is -1.46. The summed E-state index contributed by atoms with van der Waals surface area (Å²) in [7, 11) is 0. The highest BCUT2D eigenvalue weighted by molar-refractivity contribution is 9.09. The minimum Gasteiger partial charge on any atom is -0.302 e. The molecule has 0 amide bonds. The first-order chi connectivity index (χ1) is 4.24. The lowest BCUT2D eigenvalue weighted by atomic mass is 9.98. The smallest absolute Gasteiger partial charge is 0.146 e. The lowest BCUT2D eigenvalue weighted by Gasteiger charge is -2.06. The van der Waals surface area contributed by atoms with Crippen LogP contribution in [0.1, 0.15) is 0 Å². The van der Waals surface area contributed by atoms with Crippen LogP contribution in [0.25, 0.3) is 0 Å². The van der Waals surface area contributed by atoms with Crippen molar-refractivity contribution in [1.29, 1.82) is 0 Å². The number of aldehydes is 3. The molecule has 0 saturated heterocycles. The SMILES string of the molecule is O=CC(C=O)(C=O)CBr. The van der Waals surface area contributed by atoms with E-state index in [2.05, 4.69) is 15.9 Å². The average molecular weight is 193 g/mol. The molecule has 0 spiro atoms. The molecule has 0 aromatic carbocycles. The molecule has 0 aromatic heterocycles. The van der Waals surface area contributed by atoms with Gasteiger partial charge in [0, 0.05) is 5.33 Å². The maximum Gasteiger partial charge on any atom is 0.146 e. The van der Waals surface area contributed by atoms with E-state index in [4.69, 9.17) is 0 Å². The van der Waals surface area contributed by atoms with Gasteiger partial charge in [0.25, 0.3) is 0 Å². The lowest BCUT2D eigenvalue weighted by Crippen LogP contribution is -2.27. The molecule has 0 bridgehead atoms. The zero-order valence-corrected chi connectivity index (χ0v) is 6.13. The van der Waals surface area contributed by atoms with E-state index in [1.807, 2.05) is 0 Å². The molecule has 0 radical (unpaired) electrons. The number of carbonyl (C=O) groups excluding carboxylic acids is 3. The van der Waals surface area contributed by atoms with E-state index < -0.39 is 5.41 Å². The molecule has 0 N–H and O–H groups in total. The standard InChI is InChI=1S/C5H5BrO3/c6-1-5(2-7,3-8)4-9/h2-4H,1H2. The van der Waals surface area contributed by atoms with Gasteiger partial charge >= 0.3 is 0 Å². The van der Waals surface area contributed by atoms with Crippen molar-refractivity contribution in [1.82, 2.24) is 0 Å². The zero-order valence-electron chi connectivity index (χ0n) is 4.54. The van der Waals surface area contributed by atoms with Crippen LogP contribution in [0.15, 0.2) is 0 Å². The summed E-state index contributed by atoms with van der Waals surface area (Å²) in [5.74, 6) is 0. The molecular weight excluding hydrogens is 188 g/mol. The van der Waals surface area contributed by atoms with Gasteiger partial charge in [-0.2, -0.15) is 0 Å². The van der Waals surface area contributed by atoms with Gasteiger partial charge in [-0.05, 0) is 0 Å². The van der Waals surface area contributed by atoms with Crippen molar-refractivity contribution in [3.8, 4) is 0 Å². The van der Waals surface area contributed by atoms with Gasteiger partial charge in [-0.3, -0.25) is 0 Å². The Kier molecular flexibility index (Phi) is 3.30. The molecule has 0 fully saturated rings. The highest BCUT2D eigenvalue weighted by Gasteiger charge is 2.26. The molecule has 0 aliphatic carbocycles. The van der Waals surface area contributed by atoms with Crippen LogP contribution in [0, 0.1) is 5.41 Å². The van der Waals surface area contributed by atoms with Gasteiger partial charge in [0.15, 0.2) is 0 Å². The fourth-order valence-electron chi connectivity index (χ4n) is 0.178. The number of halogens is 1. The Morgan fingerprint density at radius 3 is 1.44 bits per heavy atom. The quantitative estimate of drug-likeness (QED) is 0.357. The zero-order chi connectivity index (χ0) is 7.33. The molecule has 0 aromatic rings. The highest BCUT2D eigenvalue weighted by atomic mass is 79.9. The fourth-order valence-corrected chi connectivity index (χ4v) is 0.574. The van der Waals surface area contributed by atoms with Crippen LogP contribution >= 0.6 is 15.9 Å². The number of hydrogen-bond donors (Lipinski definition) is 0. The Hall–Kier alpha value is -0.510. The number of alkyl halides is 1. The van der Waals surface area contributed by atoms with Crippen LogP contribution in [0.2, 0.25) is 0 Å². The normalized spacial score (nSPS) is 10.3. The van der Waals surface area contributed by atoms with Crippen LogP contribution in [0.3, 0.4) is 0 Å². The van der Waals surface area contributed by atoms with Gasteiger partial charge < -0.3 is 14.4 Å². The topological polar surface area (TPSA) is 51.2 Å². The second-order valence-corrected chi connectivity index (χ2v) is 2.16. The van der Waals surface area contributed by atoms with Crippen molar-refractivity contribution in [2.24, 2.45) is 5.41 Å². The van der Waals surface area contributed by atoms with Gasteiger partial charge in [0.1, 0.15) is 24.3 Å². The second-order valence-electron chi connectivity index (χ2n) is 1.60. The minimum absolute atomic E-state index is 0.0521. The summed E-state index contributed by atoms with van der Waals surface area (Å²) < 4.78 is 0. The molecule has 9 heavy (non-hydrogen) atoms. The monoisotopic (exact) mass is 192 g/mol. The Labute approximate surface area is 60.6 Å². The summed E-state index contributed by atoms with van der Waals surface area (Å²) in [5, 5.41) is 0.0521. The molecule has 0 heterocycles. The maximum absolute atomic E-state index is 10.0. The predicted octanol–water partition coefficient (Wildman–Crippen LogP) is -0.0356. The van der Waals surface area contributed by atoms with Crippen molar-refractivity contribution in [2.45, 2.75) is 0 Å². The largest absolute Gasteiger partial charge is 0.302 e. The highest BCUT2D eigenvalue weighted by Crippen LogP contribution is 2.09. The molecule has 0 rings (SSSR count). The molecule has 3 nitrogen and oxygen atoms in total. The molecule has 0 atom stereocenters. The number of rotatable bonds is 4. The molecule has 0 aliphatic heterocycles. The number of carbonyl (C=O) groups is 3. The van der Waals surface area contributed by atoms with Crippen LogP contribution in [-0.4, -0.2) is 24.2 Å². The van der Waals surface area contributed by atoms with Crippen LogP contribution in [-0.2, 0) is 14.4 Å². The maximum atomic E-state index is 10.0. The van der Waals surface area contributed by atoms with Crippen LogP contribution in [0.5, 0.6) is 0 Å². The van der Waals surface area contributed by atoms with Crippen LogP contribution in [0.4, 0.5) is 0 Å². The fraction of sp³-hybridized carbons (Fsp3) is 0.400. The third-order valence-corrected chi connectivity index (χ3v) is 1.86. The van der Waals surface area contributed by atoms with Crippen molar-refractivity contribution in [3.63, 3.8) is 0 Å². The van der Waals surface area contributed by atoms with E-state index in [1.54, 1.807) is 0 Å². The van der Waals surface area contributed by atoms with Gasteiger partial charge in [0.05, 0.1) is 0 Å². The first-order valence-corrected chi connectivity index (χ1v) is 3.32. The predicted molar refractivity (Wildman–Crippen MR) is 34.4 cm³/mol. The van der Waals surface area contributed by atoms with Gasteiger partial charge in [0.2, 0.25) is 0 Å². The van der Waals surface area contributed by atoms with E-state index in [0.717, 1.165) is 0 Å². The first-order valence-electron chi connectivity index (χ1n) is 2.19. The summed E-state index contributed by atoms with van der Waals surface area (Å²) in [4.78, 5) is 30.1. The summed E-state index contributed by atoms with van der Waals surface area (Å²) in [6, 6.07) is 0. The molecule has 0 unspecified atom stereocenters. The molecule has 0 aliphatic rings. The Morgan fingerprint density at radius 2 is 1.44 bits per heavy atom. The summed E-state index contributed by atoms with van der Waals surface area (Å²) in [5.41, 5.74) is -1.46. The van der Waals surface area contributed by atoms with Gasteiger partial charge in [-0.15, -0.1) is 0 Å². The van der Waals surface area contributed by atoms with Gasteiger partial charge in [-0.1, -0.05) is 15.9 Å².